The summed E-state index contributed by atoms with van der Waals surface area (Å²) >= 11 is 3.33. The third-order valence-electron chi connectivity index (χ3n) is 3.12. The molecule has 0 unspecified atom stereocenters. The Morgan fingerprint density at radius 1 is 1.11 bits per heavy atom. The molecule has 3 rings (SSSR count). The third kappa shape index (κ3) is 1.69. The molecule has 2 atom stereocenters. The number of rotatable bonds is 2. The Balaban J connectivity index is 2.09. The highest BCUT2D eigenvalue weighted by atomic mass is 79.9. The van der Waals surface area contributed by atoms with Gasteiger partial charge in [-0.25, -0.2) is 8.42 Å². The van der Waals surface area contributed by atoms with E-state index in [1.807, 2.05) is 13.0 Å². The molecule has 0 N–H and O–H groups in total. The maximum absolute atomic E-state index is 12.5. The van der Waals surface area contributed by atoms with E-state index in [0.717, 1.165) is 5.56 Å². The molecule has 94 valence electrons. The van der Waals surface area contributed by atoms with Gasteiger partial charge in [-0.1, -0.05) is 45.8 Å². The van der Waals surface area contributed by atoms with Crippen LogP contribution in [-0.4, -0.2) is 20.6 Å². The van der Waals surface area contributed by atoms with Crippen LogP contribution in [0.15, 0.2) is 50.7 Å². The highest BCUT2D eigenvalue weighted by Crippen LogP contribution is 2.42. The van der Waals surface area contributed by atoms with E-state index in [1.165, 1.54) is 0 Å². The highest BCUT2D eigenvalue weighted by molar-refractivity contribution is 9.11. The molecule has 18 heavy (non-hydrogen) atoms. The average Bonchev–Trinajstić information content (AvgIpc) is 2.89. The van der Waals surface area contributed by atoms with Crippen LogP contribution in [0.1, 0.15) is 5.56 Å². The zero-order chi connectivity index (χ0) is 12.9. The molecule has 2 aliphatic rings. The molecule has 0 radical (unpaired) electrons. The molecule has 2 aliphatic heterocycles. The van der Waals surface area contributed by atoms with Gasteiger partial charge in [0.1, 0.15) is 12.2 Å². The van der Waals surface area contributed by atoms with Crippen LogP contribution in [0.25, 0.3) is 0 Å². The SMILES string of the molecule is Cc1ccc(S(=O)(=O)C2=C(Br)[C@@H]3C=C[C@H]2O3)cc1. The van der Waals surface area contributed by atoms with Crippen molar-refractivity contribution < 1.29 is 13.2 Å². The molecule has 3 nitrogen and oxygen atoms in total. The first-order chi connectivity index (χ1) is 8.50. The molecule has 2 heterocycles. The minimum atomic E-state index is -3.48. The fourth-order valence-corrected chi connectivity index (χ4v) is 4.83. The molecule has 0 aliphatic carbocycles. The molecule has 2 bridgehead atoms. The summed E-state index contributed by atoms with van der Waals surface area (Å²) in [5.41, 5.74) is 1.03. The molecule has 0 spiro atoms. The van der Waals surface area contributed by atoms with Crippen LogP contribution in [0.3, 0.4) is 0 Å². The van der Waals surface area contributed by atoms with Gasteiger partial charge in [0.15, 0.2) is 0 Å². The van der Waals surface area contributed by atoms with Crippen LogP contribution in [0.2, 0.25) is 0 Å². The summed E-state index contributed by atoms with van der Waals surface area (Å²) in [6.45, 7) is 1.93. The monoisotopic (exact) mass is 326 g/mol. The van der Waals surface area contributed by atoms with Gasteiger partial charge in [-0.2, -0.15) is 0 Å². The van der Waals surface area contributed by atoms with E-state index < -0.39 is 15.9 Å². The summed E-state index contributed by atoms with van der Waals surface area (Å²) in [5, 5.41) is 0. The Kier molecular flexibility index (Phi) is 2.73. The predicted molar refractivity (Wildman–Crippen MR) is 72.1 cm³/mol. The summed E-state index contributed by atoms with van der Waals surface area (Å²) in [5.74, 6) is 0. The first-order valence-corrected chi connectivity index (χ1v) is 7.83. The van der Waals surface area contributed by atoms with E-state index in [1.54, 1.807) is 30.3 Å². The maximum atomic E-state index is 12.5. The summed E-state index contributed by atoms with van der Waals surface area (Å²) in [7, 11) is -3.48. The molecule has 5 heteroatoms. The van der Waals surface area contributed by atoms with Crippen molar-refractivity contribution in [3.63, 3.8) is 0 Å². The van der Waals surface area contributed by atoms with Crippen molar-refractivity contribution in [3.05, 3.63) is 51.4 Å². The predicted octanol–water partition coefficient (Wildman–Crippen LogP) is 2.71. The molecule has 0 saturated carbocycles. The van der Waals surface area contributed by atoms with Crippen molar-refractivity contribution in [1.29, 1.82) is 0 Å². The fraction of sp³-hybridized carbons (Fsp3) is 0.231. The number of fused-ring (bicyclic) bond motifs is 2. The van der Waals surface area contributed by atoms with Gasteiger partial charge < -0.3 is 4.74 Å². The smallest absolute Gasteiger partial charge is 0.206 e. The Labute approximate surface area is 114 Å². The number of ether oxygens (including phenoxy) is 1. The van der Waals surface area contributed by atoms with Gasteiger partial charge in [0, 0.05) is 4.48 Å². The zero-order valence-corrected chi connectivity index (χ0v) is 12.0. The van der Waals surface area contributed by atoms with Crippen molar-refractivity contribution in [1.82, 2.24) is 0 Å². The van der Waals surface area contributed by atoms with E-state index in [9.17, 15) is 8.42 Å². The van der Waals surface area contributed by atoms with Crippen LogP contribution in [0, 0.1) is 6.92 Å². The minimum absolute atomic E-state index is 0.245. The quantitative estimate of drug-likeness (QED) is 0.785. The summed E-state index contributed by atoms with van der Waals surface area (Å²) < 4.78 is 31.2. The Morgan fingerprint density at radius 2 is 1.72 bits per heavy atom. The Morgan fingerprint density at radius 3 is 2.28 bits per heavy atom. The van der Waals surface area contributed by atoms with Gasteiger partial charge in [-0.15, -0.1) is 0 Å². The van der Waals surface area contributed by atoms with Gasteiger partial charge in [0.2, 0.25) is 9.84 Å². The lowest BCUT2D eigenvalue weighted by atomic mass is 10.2. The molecule has 0 aromatic heterocycles. The second-order valence-corrected chi connectivity index (χ2v) is 7.16. The summed E-state index contributed by atoms with van der Waals surface area (Å²) in [6, 6.07) is 6.86. The largest absolute Gasteiger partial charge is 0.356 e. The van der Waals surface area contributed by atoms with Gasteiger partial charge in [0.25, 0.3) is 0 Å². The van der Waals surface area contributed by atoms with Crippen LogP contribution in [-0.2, 0) is 14.6 Å². The Bertz CT molecular complexity index is 656. The molecule has 0 saturated heterocycles. The Hall–Kier alpha value is -0.910. The number of sulfone groups is 1. The van der Waals surface area contributed by atoms with Crippen molar-refractivity contribution >= 4 is 25.8 Å². The highest BCUT2D eigenvalue weighted by Gasteiger charge is 2.42. The van der Waals surface area contributed by atoms with E-state index in [2.05, 4.69) is 15.9 Å². The number of hydrogen-bond donors (Lipinski definition) is 0. The second kappa shape index (κ2) is 4.05. The molecular formula is C13H11BrO3S. The van der Waals surface area contributed by atoms with Crippen LogP contribution in [0.5, 0.6) is 0 Å². The van der Waals surface area contributed by atoms with Crippen LogP contribution in [0.4, 0.5) is 0 Å². The number of aryl methyl sites for hydroxylation is 1. The van der Waals surface area contributed by atoms with Crippen LogP contribution < -0.4 is 0 Å². The molecule has 0 amide bonds. The van der Waals surface area contributed by atoms with Gasteiger partial charge in [-0.05, 0) is 19.1 Å². The van der Waals surface area contributed by atoms with E-state index in [4.69, 9.17) is 4.74 Å². The van der Waals surface area contributed by atoms with E-state index >= 15 is 0 Å². The minimum Gasteiger partial charge on any atom is -0.356 e. The van der Waals surface area contributed by atoms with Crippen molar-refractivity contribution in [2.24, 2.45) is 0 Å². The number of benzene rings is 1. The second-order valence-electron chi connectivity index (χ2n) is 4.39. The number of hydrogen-bond acceptors (Lipinski definition) is 3. The maximum Gasteiger partial charge on any atom is 0.206 e. The molecule has 0 fully saturated rings. The van der Waals surface area contributed by atoms with E-state index in [-0.39, 0.29) is 6.10 Å². The van der Waals surface area contributed by atoms with Crippen LogP contribution >= 0.6 is 15.9 Å². The fourth-order valence-electron chi connectivity index (χ4n) is 2.15. The zero-order valence-electron chi connectivity index (χ0n) is 9.63. The molecular weight excluding hydrogens is 316 g/mol. The normalized spacial score (nSPS) is 26.1. The third-order valence-corrected chi connectivity index (χ3v) is 6.18. The van der Waals surface area contributed by atoms with Gasteiger partial charge in [0.05, 0.1) is 9.80 Å². The average molecular weight is 327 g/mol. The van der Waals surface area contributed by atoms with Gasteiger partial charge >= 0.3 is 0 Å². The van der Waals surface area contributed by atoms with Gasteiger partial charge in [-0.3, -0.25) is 0 Å². The number of halogens is 1. The van der Waals surface area contributed by atoms with E-state index in [0.29, 0.717) is 14.3 Å². The van der Waals surface area contributed by atoms with Crippen molar-refractivity contribution in [2.75, 3.05) is 0 Å². The molecule has 1 aromatic carbocycles. The standard InChI is InChI=1S/C13H11BrO3S/c1-8-2-4-9(5-3-8)18(15,16)13-11-7-6-10(17-11)12(13)14/h2-7,10-11H,1H3/t10-,11+/m0/s1. The lowest BCUT2D eigenvalue weighted by molar-refractivity contribution is 0.133. The summed E-state index contributed by atoms with van der Waals surface area (Å²) in [4.78, 5) is 0.642. The van der Waals surface area contributed by atoms with Crippen molar-refractivity contribution in [3.8, 4) is 0 Å². The lowest BCUT2D eigenvalue weighted by Gasteiger charge is -2.11. The van der Waals surface area contributed by atoms with Crippen molar-refractivity contribution in [2.45, 2.75) is 24.0 Å². The summed E-state index contributed by atoms with van der Waals surface area (Å²) in [6.07, 6.45) is 2.96. The first kappa shape index (κ1) is 12.1. The molecule has 1 aromatic rings. The first-order valence-electron chi connectivity index (χ1n) is 5.55. The topological polar surface area (TPSA) is 43.4 Å². The lowest BCUT2D eigenvalue weighted by Crippen LogP contribution is -2.14.